The molecular weight excluding hydrogens is 202 g/mol. The van der Waals surface area contributed by atoms with Gasteiger partial charge in [0.25, 0.3) is 0 Å². The molecule has 1 saturated heterocycles. The van der Waals surface area contributed by atoms with E-state index in [0.717, 1.165) is 25.3 Å². The molecule has 2 atom stereocenters. The van der Waals surface area contributed by atoms with Crippen molar-refractivity contribution in [1.82, 2.24) is 5.32 Å². The monoisotopic (exact) mass is 221 g/mol. The SMILES string of the molecule is Cc1cccc(OCC(O)C2CCNC2)c1. The lowest BCUT2D eigenvalue weighted by atomic mass is 10.0. The molecule has 0 bridgehead atoms. The molecule has 1 aliphatic rings. The van der Waals surface area contributed by atoms with Crippen molar-refractivity contribution in [2.45, 2.75) is 19.4 Å². The van der Waals surface area contributed by atoms with Crippen LogP contribution in [0, 0.1) is 12.8 Å². The summed E-state index contributed by atoms with van der Waals surface area (Å²) in [6.07, 6.45) is 0.675. The van der Waals surface area contributed by atoms with Crippen molar-refractivity contribution < 1.29 is 9.84 Å². The first-order chi connectivity index (χ1) is 7.75. The molecule has 0 radical (unpaired) electrons. The van der Waals surface area contributed by atoms with E-state index in [2.05, 4.69) is 5.32 Å². The molecule has 1 fully saturated rings. The Balaban J connectivity index is 1.82. The van der Waals surface area contributed by atoms with Gasteiger partial charge in [0.1, 0.15) is 12.4 Å². The quantitative estimate of drug-likeness (QED) is 0.806. The Labute approximate surface area is 96.4 Å². The summed E-state index contributed by atoms with van der Waals surface area (Å²) in [5.41, 5.74) is 1.18. The molecule has 3 nitrogen and oxygen atoms in total. The van der Waals surface area contributed by atoms with Gasteiger partial charge in [-0.25, -0.2) is 0 Å². The maximum Gasteiger partial charge on any atom is 0.119 e. The first-order valence-electron chi connectivity index (χ1n) is 5.84. The van der Waals surface area contributed by atoms with Gasteiger partial charge in [-0.15, -0.1) is 0 Å². The highest BCUT2D eigenvalue weighted by Crippen LogP contribution is 2.16. The van der Waals surface area contributed by atoms with Gasteiger partial charge in [0.2, 0.25) is 0 Å². The second kappa shape index (κ2) is 5.32. The lowest BCUT2D eigenvalue weighted by Gasteiger charge is -2.17. The Bertz CT molecular complexity index is 334. The maximum atomic E-state index is 9.91. The molecule has 1 heterocycles. The van der Waals surface area contributed by atoms with Crippen LogP contribution < -0.4 is 10.1 Å². The molecule has 2 N–H and O–H groups in total. The zero-order chi connectivity index (χ0) is 11.4. The van der Waals surface area contributed by atoms with Crippen LogP contribution in [0.2, 0.25) is 0 Å². The van der Waals surface area contributed by atoms with Gasteiger partial charge < -0.3 is 15.2 Å². The minimum atomic E-state index is -0.365. The molecule has 1 aromatic carbocycles. The number of hydrogen-bond donors (Lipinski definition) is 2. The highest BCUT2D eigenvalue weighted by atomic mass is 16.5. The first kappa shape index (κ1) is 11.4. The van der Waals surface area contributed by atoms with E-state index in [1.165, 1.54) is 5.56 Å². The Morgan fingerprint density at radius 2 is 2.44 bits per heavy atom. The average Bonchev–Trinajstić information content (AvgIpc) is 2.79. The Kier molecular flexibility index (Phi) is 3.80. The van der Waals surface area contributed by atoms with Gasteiger partial charge in [-0.3, -0.25) is 0 Å². The number of aryl methyl sites for hydroxylation is 1. The third kappa shape index (κ3) is 2.97. The van der Waals surface area contributed by atoms with Crippen LogP contribution in [-0.2, 0) is 0 Å². The minimum Gasteiger partial charge on any atom is -0.491 e. The molecule has 0 aromatic heterocycles. The third-order valence-corrected chi connectivity index (χ3v) is 3.05. The van der Waals surface area contributed by atoms with Crippen LogP contribution >= 0.6 is 0 Å². The molecule has 2 rings (SSSR count). The highest BCUT2D eigenvalue weighted by Gasteiger charge is 2.23. The molecule has 1 aromatic rings. The summed E-state index contributed by atoms with van der Waals surface area (Å²) in [7, 11) is 0. The zero-order valence-corrected chi connectivity index (χ0v) is 9.65. The summed E-state index contributed by atoms with van der Waals surface area (Å²) < 4.78 is 5.58. The molecule has 2 unspecified atom stereocenters. The van der Waals surface area contributed by atoms with E-state index in [-0.39, 0.29) is 6.10 Å². The lowest BCUT2D eigenvalue weighted by molar-refractivity contribution is 0.0640. The van der Waals surface area contributed by atoms with Gasteiger partial charge in [0, 0.05) is 12.5 Å². The van der Waals surface area contributed by atoms with E-state index in [9.17, 15) is 5.11 Å². The van der Waals surface area contributed by atoms with E-state index in [4.69, 9.17) is 4.74 Å². The first-order valence-corrected chi connectivity index (χ1v) is 5.84. The van der Waals surface area contributed by atoms with Crippen LogP contribution in [0.15, 0.2) is 24.3 Å². The summed E-state index contributed by atoms with van der Waals surface area (Å²) in [4.78, 5) is 0. The van der Waals surface area contributed by atoms with Gasteiger partial charge in [-0.2, -0.15) is 0 Å². The molecule has 3 heteroatoms. The van der Waals surface area contributed by atoms with Crippen molar-refractivity contribution in [2.75, 3.05) is 19.7 Å². The number of aliphatic hydroxyl groups excluding tert-OH is 1. The van der Waals surface area contributed by atoms with E-state index in [1.54, 1.807) is 0 Å². The fourth-order valence-electron chi connectivity index (χ4n) is 2.03. The van der Waals surface area contributed by atoms with Gasteiger partial charge in [-0.1, -0.05) is 12.1 Å². The van der Waals surface area contributed by atoms with E-state index >= 15 is 0 Å². The Hall–Kier alpha value is -1.06. The molecule has 0 aliphatic carbocycles. The summed E-state index contributed by atoms with van der Waals surface area (Å²) in [6.45, 7) is 4.32. The summed E-state index contributed by atoms with van der Waals surface area (Å²) in [5, 5.41) is 13.2. The van der Waals surface area contributed by atoms with Crippen LogP contribution in [0.1, 0.15) is 12.0 Å². The molecule has 1 aliphatic heterocycles. The number of nitrogens with one attached hydrogen (secondary N) is 1. The van der Waals surface area contributed by atoms with Crippen LogP contribution in [0.4, 0.5) is 0 Å². The molecule has 16 heavy (non-hydrogen) atoms. The standard InChI is InChI=1S/C13H19NO2/c1-10-3-2-4-12(7-10)16-9-13(15)11-5-6-14-8-11/h2-4,7,11,13-15H,5-6,8-9H2,1H3. The van der Waals surface area contributed by atoms with Gasteiger partial charge in [-0.05, 0) is 37.6 Å². The third-order valence-electron chi connectivity index (χ3n) is 3.05. The van der Waals surface area contributed by atoms with Gasteiger partial charge in [0.05, 0.1) is 6.10 Å². The molecule has 0 saturated carbocycles. The molecular formula is C13H19NO2. The highest BCUT2D eigenvalue weighted by molar-refractivity contribution is 5.27. The summed E-state index contributed by atoms with van der Waals surface area (Å²) in [6, 6.07) is 7.91. The van der Waals surface area contributed by atoms with Crippen molar-refractivity contribution in [3.05, 3.63) is 29.8 Å². The molecule has 88 valence electrons. The van der Waals surface area contributed by atoms with E-state index in [1.807, 2.05) is 31.2 Å². The Morgan fingerprint density at radius 3 is 3.12 bits per heavy atom. The largest absolute Gasteiger partial charge is 0.491 e. The predicted molar refractivity (Wildman–Crippen MR) is 63.7 cm³/mol. The topological polar surface area (TPSA) is 41.5 Å². The van der Waals surface area contributed by atoms with Crippen molar-refractivity contribution in [2.24, 2.45) is 5.92 Å². The van der Waals surface area contributed by atoms with Crippen molar-refractivity contribution in [1.29, 1.82) is 0 Å². The molecule has 0 spiro atoms. The predicted octanol–water partition coefficient (Wildman–Crippen LogP) is 1.34. The minimum absolute atomic E-state index is 0.338. The van der Waals surface area contributed by atoms with Crippen LogP contribution in [0.25, 0.3) is 0 Å². The van der Waals surface area contributed by atoms with Gasteiger partial charge >= 0.3 is 0 Å². The molecule has 0 amide bonds. The number of hydrogen-bond acceptors (Lipinski definition) is 3. The van der Waals surface area contributed by atoms with Crippen molar-refractivity contribution in [3.63, 3.8) is 0 Å². The van der Waals surface area contributed by atoms with E-state index in [0.29, 0.717) is 12.5 Å². The van der Waals surface area contributed by atoms with E-state index < -0.39 is 0 Å². The number of ether oxygens (including phenoxy) is 1. The summed E-state index contributed by atoms with van der Waals surface area (Å²) in [5.74, 6) is 1.18. The fraction of sp³-hybridized carbons (Fsp3) is 0.538. The maximum absolute atomic E-state index is 9.91. The smallest absolute Gasteiger partial charge is 0.119 e. The van der Waals surface area contributed by atoms with Crippen LogP contribution in [0.3, 0.4) is 0 Å². The van der Waals surface area contributed by atoms with Crippen LogP contribution in [-0.4, -0.2) is 30.9 Å². The second-order valence-corrected chi connectivity index (χ2v) is 4.45. The lowest BCUT2D eigenvalue weighted by Crippen LogP contribution is -2.28. The number of benzene rings is 1. The van der Waals surface area contributed by atoms with Crippen molar-refractivity contribution >= 4 is 0 Å². The van der Waals surface area contributed by atoms with Crippen molar-refractivity contribution in [3.8, 4) is 5.75 Å². The van der Waals surface area contributed by atoms with Crippen LogP contribution in [0.5, 0.6) is 5.75 Å². The Morgan fingerprint density at radius 1 is 1.56 bits per heavy atom. The second-order valence-electron chi connectivity index (χ2n) is 4.45. The summed E-state index contributed by atoms with van der Waals surface area (Å²) >= 11 is 0. The number of rotatable bonds is 4. The zero-order valence-electron chi connectivity index (χ0n) is 9.65. The normalized spacial score (nSPS) is 22.0. The fourth-order valence-corrected chi connectivity index (χ4v) is 2.03. The number of aliphatic hydroxyl groups is 1. The van der Waals surface area contributed by atoms with Gasteiger partial charge in [0.15, 0.2) is 0 Å². The average molecular weight is 221 g/mol.